The van der Waals surface area contributed by atoms with Crippen molar-refractivity contribution in [1.82, 2.24) is 0 Å². The van der Waals surface area contributed by atoms with Crippen LogP contribution in [0.3, 0.4) is 0 Å². The Kier molecular flexibility index (Phi) is 7.35. The molecule has 0 bridgehead atoms. The topological polar surface area (TPSA) is 77.8 Å². The van der Waals surface area contributed by atoms with Gasteiger partial charge < -0.3 is 15.3 Å². The Morgan fingerprint density at radius 2 is 1.97 bits per heavy atom. The molecule has 0 amide bonds. The first-order valence-electron chi connectivity index (χ1n) is 12.1. The molecule has 0 spiro atoms. The molecule has 4 nitrogen and oxygen atoms in total. The molecule has 0 aromatic carbocycles. The molecule has 3 saturated carbocycles. The molecule has 3 N–H and O–H groups in total. The number of allylic oxidation sites excluding steroid dienone is 4. The number of rotatable bonds is 6. The summed E-state index contributed by atoms with van der Waals surface area (Å²) >= 11 is 0. The van der Waals surface area contributed by atoms with Crippen LogP contribution in [0.2, 0.25) is 0 Å². The maximum absolute atomic E-state index is 12.3. The number of ketones is 1. The van der Waals surface area contributed by atoms with E-state index in [0.29, 0.717) is 24.7 Å². The highest BCUT2D eigenvalue weighted by Gasteiger charge is 2.51. The monoisotopic (exact) mass is 430 g/mol. The number of aliphatic hydroxyl groups is 3. The van der Waals surface area contributed by atoms with E-state index in [-0.39, 0.29) is 17.4 Å². The zero-order valence-corrected chi connectivity index (χ0v) is 19.9. The highest BCUT2D eigenvalue weighted by molar-refractivity contribution is 5.89. The van der Waals surface area contributed by atoms with Crippen LogP contribution in [0.15, 0.2) is 35.5 Å². The molecule has 0 aromatic heterocycles. The summed E-state index contributed by atoms with van der Waals surface area (Å²) in [5.41, 5.74) is 2.55. The molecular weight excluding hydrogens is 388 g/mol. The van der Waals surface area contributed by atoms with Crippen molar-refractivity contribution in [2.24, 2.45) is 23.2 Å². The van der Waals surface area contributed by atoms with Gasteiger partial charge in [-0.25, -0.2) is 0 Å². The third-order valence-corrected chi connectivity index (χ3v) is 8.41. The fraction of sp³-hybridized carbons (Fsp3) is 0.741. The van der Waals surface area contributed by atoms with E-state index in [2.05, 4.69) is 32.6 Å². The van der Waals surface area contributed by atoms with Crippen LogP contribution in [-0.2, 0) is 4.79 Å². The lowest BCUT2D eigenvalue weighted by Crippen LogP contribution is -2.42. The predicted molar refractivity (Wildman–Crippen MR) is 124 cm³/mol. The van der Waals surface area contributed by atoms with Gasteiger partial charge in [-0.05, 0) is 100 Å². The number of aliphatic hydroxyl groups excluding tert-OH is 2. The van der Waals surface area contributed by atoms with Crippen molar-refractivity contribution in [2.45, 2.75) is 103 Å². The summed E-state index contributed by atoms with van der Waals surface area (Å²) in [6, 6.07) is 0. The lowest BCUT2D eigenvalue weighted by Gasteiger charge is -2.44. The van der Waals surface area contributed by atoms with E-state index in [1.807, 2.05) is 0 Å². The van der Waals surface area contributed by atoms with Crippen LogP contribution in [0.4, 0.5) is 0 Å². The normalized spacial score (nSPS) is 36.5. The third-order valence-electron chi connectivity index (χ3n) is 8.41. The lowest BCUT2D eigenvalue weighted by atomic mass is 9.60. The number of hydrogen-bond donors (Lipinski definition) is 3. The SMILES string of the molecule is C=C1CC[C@H](O)C/C1=C/C=C1\CCC[C@@]2(C)C1CC[C@@H]2[C@H](C)CC(O)C(=O)C(C)(C)O. The second-order valence-corrected chi connectivity index (χ2v) is 11.2. The van der Waals surface area contributed by atoms with E-state index in [1.54, 1.807) is 0 Å². The first-order valence-corrected chi connectivity index (χ1v) is 12.1. The molecule has 2 unspecified atom stereocenters. The first-order chi connectivity index (χ1) is 14.4. The van der Waals surface area contributed by atoms with Crippen molar-refractivity contribution in [3.8, 4) is 0 Å². The van der Waals surface area contributed by atoms with Crippen LogP contribution in [0, 0.1) is 23.2 Å². The average Bonchev–Trinajstić information content (AvgIpc) is 3.04. The molecule has 3 rings (SSSR count). The van der Waals surface area contributed by atoms with Gasteiger partial charge in [-0.15, -0.1) is 0 Å². The predicted octanol–water partition coefficient (Wildman–Crippen LogP) is 4.88. The number of Topliss-reactive ketones (excluding diaryl/α,β-unsaturated/α-hetero) is 1. The molecule has 6 atom stereocenters. The van der Waals surface area contributed by atoms with Gasteiger partial charge in [-0.1, -0.05) is 43.7 Å². The van der Waals surface area contributed by atoms with Crippen LogP contribution in [-0.4, -0.2) is 38.9 Å². The molecule has 0 radical (unpaired) electrons. The Balaban J connectivity index is 1.73. The number of carbonyl (C=O) groups excluding carboxylic acids is 1. The fourth-order valence-corrected chi connectivity index (χ4v) is 6.64. The largest absolute Gasteiger partial charge is 0.393 e. The maximum Gasteiger partial charge on any atom is 0.192 e. The van der Waals surface area contributed by atoms with Crippen molar-refractivity contribution in [3.63, 3.8) is 0 Å². The smallest absolute Gasteiger partial charge is 0.192 e. The average molecular weight is 431 g/mol. The van der Waals surface area contributed by atoms with Crippen molar-refractivity contribution >= 4 is 5.78 Å². The molecule has 0 aromatic rings. The Hall–Kier alpha value is -1.23. The lowest BCUT2D eigenvalue weighted by molar-refractivity contribution is -0.144. The zero-order chi connectivity index (χ0) is 23.0. The standard InChI is InChI=1S/C27H42O4/c1-17-8-11-21(28)16-20(17)10-9-19-7-6-14-27(5)22(12-13-23(19)27)18(2)15-24(29)25(30)26(3,4)31/h9-10,18,21-24,28-29,31H,1,6-8,11-16H2,2-5H3/b19-9+,20-10-/t18-,21+,22-,23?,24?,27-/m1/s1. The molecule has 174 valence electrons. The summed E-state index contributed by atoms with van der Waals surface area (Å²) in [6.07, 6.45) is 11.7. The summed E-state index contributed by atoms with van der Waals surface area (Å²) in [6.45, 7) is 11.6. The van der Waals surface area contributed by atoms with Crippen LogP contribution in [0.1, 0.15) is 85.5 Å². The number of carbonyl (C=O) groups is 1. The first kappa shape index (κ1) is 24.4. The summed E-state index contributed by atoms with van der Waals surface area (Å²) in [5.74, 6) is 0.742. The molecule has 3 aliphatic rings. The van der Waals surface area contributed by atoms with E-state index in [4.69, 9.17) is 0 Å². The van der Waals surface area contributed by atoms with Gasteiger partial charge >= 0.3 is 0 Å². The molecule has 0 saturated heterocycles. The molecular formula is C27H42O4. The van der Waals surface area contributed by atoms with Gasteiger partial charge in [-0.3, -0.25) is 4.79 Å². The third kappa shape index (κ3) is 5.23. The van der Waals surface area contributed by atoms with Gasteiger partial charge in [0.15, 0.2) is 5.78 Å². The minimum absolute atomic E-state index is 0.183. The summed E-state index contributed by atoms with van der Waals surface area (Å²) in [7, 11) is 0. The molecule has 4 heteroatoms. The van der Waals surface area contributed by atoms with E-state index < -0.39 is 17.5 Å². The van der Waals surface area contributed by atoms with Crippen molar-refractivity contribution < 1.29 is 20.1 Å². The highest BCUT2D eigenvalue weighted by atomic mass is 16.3. The fourth-order valence-electron chi connectivity index (χ4n) is 6.64. The van der Waals surface area contributed by atoms with E-state index in [9.17, 15) is 20.1 Å². The van der Waals surface area contributed by atoms with Gasteiger partial charge in [0.25, 0.3) is 0 Å². The van der Waals surface area contributed by atoms with E-state index >= 15 is 0 Å². The summed E-state index contributed by atoms with van der Waals surface area (Å²) in [4.78, 5) is 12.3. The van der Waals surface area contributed by atoms with Crippen molar-refractivity contribution in [2.75, 3.05) is 0 Å². The number of fused-ring (bicyclic) bond motifs is 1. The van der Waals surface area contributed by atoms with E-state index in [1.165, 1.54) is 37.8 Å². The molecule has 3 fully saturated rings. The highest BCUT2D eigenvalue weighted by Crippen LogP contribution is 2.59. The van der Waals surface area contributed by atoms with Crippen molar-refractivity contribution in [3.05, 3.63) is 35.5 Å². The van der Waals surface area contributed by atoms with Gasteiger partial charge in [0.2, 0.25) is 0 Å². The van der Waals surface area contributed by atoms with E-state index in [0.717, 1.165) is 37.7 Å². The Morgan fingerprint density at radius 3 is 2.65 bits per heavy atom. The second-order valence-electron chi connectivity index (χ2n) is 11.2. The Morgan fingerprint density at radius 1 is 1.26 bits per heavy atom. The Labute approximate surface area is 188 Å². The quantitative estimate of drug-likeness (QED) is 0.561. The van der Waals surface area contributed by atoms with Crippen LogP contribution < -0.4 is 0 Å². The van der Waals surface area contributed by atoms with Crippen molar-refractivity contribution in [1.29, 1.82) is 0 Å². The molecule has 0 heterocycles. The summed E-state index contributed by atoms with van der Waals surface area (Å²) in [5, 5.41) is 30.4. The molecule has 0 aliphatic heterocycles. The number of hydrogen-bond acceptors (Lipinski definition) is 4. The van der Waals surface area contributed by atoms with Gasteiger partial charge in [-0.2, -0.15) is 0 Å². The molecule has 3 aliphatic carbocycles. The minimum atomic E-state index is -1.49. The van der Waals surface area contributed by atoms with Gasteiger partial charge in [0.05, 0.1) is 6.10 Å². The second kappa shape index (κ2) is 9.33. The zero-order valence-electron chi connectivity index (χ0n) is 19.9. The van der Waals surface area contributed by atoms with Gasteiger partial charge in [0.1, 0.15) is 11.7 Å². The van der Waals surface area contributed by atoms with Gasteiger partial charge in [0, 0.05) is 0 Å². The maximum atomic E-state index is 12.3. The van der Waals surface area contributed by atoms with Crippen LogP contribution in [0.5, 0.6) is 0 Å². The summed E-state index contributed by atoms with van der Waals surface area (Å²) < 4.78 is 0. The molecule has 31 heavy (non-hydrogen) atoms. The minimum Gasteiger partial charge on any atom is -0.393 e. The Bertz CT molecular complexity index is 756. The van der Waals surface area contributed by atoms with Crippen LogP contribution in [0.25, 0.3) is 0 Å². The van der Waals surface area contributed by atoms with Crippen LogP contribution >= 0.6 is 0 Å².